The van der Waals surface area contributed by atoms with Crippen molar-refractivity contribution in [1.29, 1.82) is 0 Å². The predicted octanol–water partition coefficient (Wildman–Crippen LogP) is 11.5. The van der Waals surface area contributed by atoms with Crippen molar-refractivity contribution in [2.45, 2.75) is 37.5 Å². The molecule has 4 saturated carbocycles. The zero-order valence-corrected chi connectivity index (χ0v) is 25.9. The molecule has 2 nitrogen and oxygen atoms in total. The SMILES string of the molecule is c1ccc(N(c2ccc(C34CC5CC6CC(C3)C54C6)cc2)c2ccc3ccc4c5ccccc5n(-c5ccccc5)c4c3c2)cc1. The van der Waals surface area contributed by atoms with Gasteiger partial charge in [0.1, 0.15) is 0 Å². The average Bonchev–Trinajstić information content (AvgIpc) is 3.75. The van der Waals surface area contributed by atoms with E-state index in [-0.39, 0.29) is 0 Å². The second kappa shape index (κ2) is 8.91. The molecule has 2 atom stereocenters. The molecule has 4 fully saturated rings. The summed E-state index contributed by atoms with van der Waals surface area (Å²) in [6, 6.07) is 51.9. The molecule has 6 aromatic carbocycles. The minimum Gasteiger partial charge on any atom is -0.310 e. The van der Waals surface area contributed by atoms with Gasteiger partial charge in [0.05, 0.1) is 11.0 Å². The van der Waals surface area contributed by atoms with Gasteiger partial charge in [0.25, 0.3) is 0 Å². The van der Waals surface area contributed by atoms with Gasteiger partial charge in [0, 0.05) is 44.3 Å². The highest BCUT2D eigenvalue weighted by Gasteiger charge is 2.81. The van der Waals surface area contributed by atoms with Gasteiger partial charge in [-0.15, -0.1) is 0 Å². The van der Waals surface area contributed by atoms with Crippen LogP contribution in [-0.2, 0) is 5.41 Å². The fraction of sp³-hybridized carbons (Fsp3) is 0.227. The molecular weight excluding hydrogens is 556 g/mol. The molecule has 2 unspecified atom stereocenters. The summed E-state index contributed by atoms with van der Waals surface area (Å²) in [4.78, 5) is 2.45. The maximum atomic E-state index is 2.49. The van der Waals surface area contributed by atoms with Crippen LogP contribution in [0.15, 0.2) is 140 Å². The normalized spacial score (nSPS) is 27.1. The number of anilines is 3. The Morgan fingerprint density at radius 1 is 0.543 bits per heavy atom. The number of nitrogens with zero attached hydrogens (tertiary/aromatic N) is 2. The highest BCUT2D eigenvalue weighted by Crippen LogP contribution is 2.86. The zero-order valence-electron chi connectivity index (χ0n) is 25.9. The second-order valence-corrected chi connectivity index (χ2v) is 14.7. The van der Waals surface area contributed by atoms with Gasteiger partial charge in [-0.25, -0.2) is 0 Å². The van der Waals surface area contributed by atoms with Crippen LogP contribution in [0, 0.1) is 23.2 Å². The Bertz CT molecular complexity index is 2300. The first kappa shape index (κ1) is 25.4. The van der Waals surface area contributed by atoms with Crippen LogP contribution in [0.3, 0.4) is 0 Å². The summed E-state index contributed by atoms with van der Waals surface area (Å²) in [5.41, 5.74) is 10.00. The van der Waals surface area contributed by atoms with Crippen molar-refractivity contribution in [2.75, 3.05) is 4.90 Å². The Morgan fingerprint density at radius 2 is 1.20 bits per heavy atom. The maximum absolute atomic E-state index is 2.49. The van der Waals surface area contributed by atoms with E-state index in [0.29, 0.717) is 10.8 Å². The van der Waals surface area contributed by atoms with Gasteiger partial charge in [0.15, 0.2) is 0 Å². The van der Waals surface area contributed by atoms with Gasteiger partial charge >= 0.3 is 0 Å². The van der Waals surface area contributed by atoms with Gasteiger partial charge in [-0.3, -0.25) is 0 Å². The molecule has 0 N–H and O–H groups in total. The topological polar surface area (TPSA) is 8.17 Å². The lowest BCUT2D eigenvalue weighted by Gasteiger charge is -2.75. The number of hydrogen-bond donors (Lipinski definition) is 0. The number of para-hydroxylation sites is 3. The third-order valence-electron chi connectivity index (χ3n) is 13.0. The highest BCUT2D eigenvalue weighted by molar-refractivity contribution is 6.19. The Kier molecular flexibility index (Phi) is 4.92. The van der Waals surface area contributed by atoms with Crippen molar-refractivity contribution in [1.82, 2.24) is 4.57 Å². The van der Waals surface area contributed by atoms with E-state index in [2.05, 4.69) is 149 Å². The largest absolute Gasteiger partial charge is 0.310 e. The number of aromatic nitrogens is 1. The van der Waals surface area contributed by atoms with E-state index in [9.17, 15) is 0 Å². The Labute approximate surface area is 269 Å². The van der Waals surface area contributed by atoms with Crippen LogP contribution in [0.5, 0.6) is 0 Å². The minimum absolute atomic E-state index is 0.461. The smallest absolute Gasteiger partial charge is 0.0620 e. The van der Waals surface area contributed by atoms with E-state index in [0.717, 1.165) is 17.8 Å². The van der Waals surface area contributed by atoms with Crippen molar-refractivity contribution < 1.29 is 0 Å². The summed E-state index contributed by atoms with van der Waals surface area (Å²) >= 11 is 0. The summed E-state index contributed by atoms with van der Waals surface area (Å²) in [5, 5.41) is 5.10. The Balaban J connectivity index is 1.09. The zero-order chi connectivity index (χ0) is 30.0. The van der Waals surface area contributed by atoms with Crippen LogP contribution >= 0.6 is 0 Å². The quantitative estimate of drug-likeness (QED) is 0.193. The first-order valence-corrected chi connectivity index (χ1v) is 17.2. The van der Waals surface area contributed by atoms with Crippen molar-refractivity contribution in [3.63, 3.8) is 0 Å². The molecule has 2 heteroatoms. The molecule has 7 aromatic rings. The lowest BCUT2D eigenvalue weighted by atomic mass is 9.29. The third-order valence-corrected chi connectivity index (χ3v) is 13.0. The van der Waals surface area contributed by atoms with E-state index in [1.165, 1.54) is 87.4 Å². The summed E-state index contributed by atoms with van der Waals surface area (Å²) in [6.45, 7) is 0. The molecule has 46 heavy (non-hydrogen) atoms. The summed E-state index contributed by atoms with van der Waals surface area (Å²) < 4.78 is 2.45. The molecule has 11 rings (SSSR count). The molecule has 222 valence electrons. The van der Waals surface area contributed by atoms with Crippen molar-refractivity contribution in [3.8, 4) is 5.69 Å². The molecule has 0 saturated heterocycles. The first-order chi connectivity index (χ1) is 22.7. The minimum atomic E-state index is 0.461. The van der Waals surface area contributed by atoms with Crippen molar-refractivity contribution >= 4 is 49.6 Å². The van der Waals surface area contributed by atoms with E-state index in [4.69, 9.17) is 0 Å². The van der Waals surface area contributed by atoms with Gasteiger partial charge in [-0.1, -0.05) is 84.9 Å². The molecule has 0 amide bonds. The lowest BCUT2D eigenvalue weighted by Crippen LogP contribution is -2.70. The molecule has 1 aromatic heterocycles. The molecule has 0 radical (unpaired) electrons. The van der Waals surface area contributed by atoms with Crippen LogP contribution in [0.2, 0.25) is 0 Å². The van der Waals surface area contributed by atoms with Crippen molar-refractivity contribution in [3.05, 3.63) is 145 Å². The number of rotatable bonds is 5. The molecular formula is C44H36N2. The van der Waals surface area contributed by atoms with Crippen LogP contribution in [0.1, 0.15) is 37.7 Å². The first-order valence-electron chi connectivity index (χ1n) is 17.2. The number of hydrogen-bond acceptors (Lipinski definition) is 1. The monoisotopic (exact) mass is 592 g/mol. The van der Waals surface area contributed by atoms with Gasteiger partial charge in [-0.2, -0.15) is 0 Å². The van der Waals surface area contributed by atoms with E-state index in [1.807, 2.05) is 0 Å². The van der Waals surface area contributed by atoms with Crippen LogP contribution in [0.25, 0.3) is 38.3 Å². The van der Waals surface area contributed by atoms with Gasteiger partial charge in [-0.05, 0) is 121 Å². The van der Waals surface area contributed by atoms with Gasteiger partial charge in [0.2, 0.25) is 0 Å². The molecule has 4 aliphatic rings. The standard InChI is InChI=1S/C44H36N2/c1-3-9-34(10-4-1)45(36-20-17-31(18-21-36)43-27-32-23-29-24-33(28-43)44(32,43)26-29)37-19-15-30-16-22-39-38-13-7-8-14-41(38)46(42(39)40(30)25-37)35-11-5-2-6-12-35/h1-22,25,29,32-33H,23-24,26-28H2. The maximum Gasteiger partial charge on any atom is 0.0620 e. The second-order valence-electron chi connectivity index (χ2n) is 14.7. The number of benzene rings is 6. The average molecular weight is 593 g/mol. The fourth-order valence-corrected chi connectivity index (χ4v) is 11.4. The molecule has 0 aliphatic heterocycles. The van der Waals surface area contributed by atoms with Crippen molar-refractivity contribution in [2.24, 2.45) is 23.2 Å². The van der Waals surface area contributed by atoms with Crippen LogP contribution in [-0.4, -0.2) is 4.57 Å². The third kappa shape index (κ3) is 3.08. The van der Waals surface area contributed by atoms with Crippen LogP contribution in [0.4, 0.5) is 17.1 Å². The van der Waals surface area contributed by atoms with E-state index < -0.39 is 0 Å². The summed E-state index contributed by atoms with van der Waals surface area (Å²) in [5.74, 6) is 3.03. The molecule has 1 spiro atoms. The predicted molar refractivity (Wildman–Crippen MR) is 191 cm³/mol. The Morgan fingerprint density at radius 3 is 1.96 bits per heavy atom. The van der Waals surface area contributed by atoms with E-state index in [1.54, 1.807) is 5.56 Å². The van der Waals surface area contributed by atoms with E-state index >= 15 is 0 Å². The molecule has 1 heterocycles. The summed E-state index contributed by atoms with van der Waals surface area (Å²) in [6.07, 6.45) is 7.38. The van der Waals surface area contributed by atoms with Crippen LogP contribution < -0.4 is 4.90 Å². The Hall–Kier alpha value is -4.82. The molecule has 4 aliphatic carbocycles. The molecule has 2 bridgehead atoms. The number of fused-ring (bicyclic) bond motifs is 6. The highest BCUT2D eigenvalue weighted by atomic mass is 15.1. The lowest BCUT2D eigenvalue weighted by molar-refractivity contribution is -0.205. The summed E-state index contributed by atoms with van der Waals surface area (Å²) in [7, 11) is 0. The van der Waals surface area contributed by atoms with Gasteiger partial charge < -0.3 is 9.47 Å². The fourth-order valence-electron chi connectivity index (χ4n) is 11.4.